The number of halogens is 1. The van der Waals surface area contributed by atoms with Crippen molar-refractivity contribution in [2.24, 2.45) is 5.73 Å². The van der Waals surface area contributed by atoms with Gasteiger partial charge in [-0.05, 0) is 17.9 Å². The molecular weight excluding hydrogens is 190 g/mol. The van der Waals surface area contributed by atoms with E-state index in [1.54, 1.807) is 11.3 Å². The SMILES string of the molecule is CCCCC(N)c1sccc1Cl. The van der Waals surface area contributed by atoms with E-state index in [1.165, 1.54) is 12.8 Å². The van der Waals surface area contributed by atoms with Crippen LogP contribution in [0.15, 0.2) is 11.4 Å². The zero-order chi connectivity index (χ0) is 8.97. The van der Waals surface area contributed by atoms with Crippen molar-refractivity contribution >= 4 is 22.9 Å². The summed E-state index contributed by atoms with van der Waals surface area (Å²) in [4.78, 5) is 1.13. The highest BCUT2D eigenvalue weighted by Gasteiger charge is 2.10. The molecule has 0 amide bonds. The Balaban J connectivity index is 2.52. The molecule has 0 bridgehead atoms. The lowest BCUT2D eigenvalue weighted by Crippen LogP contribution is -2.08. The molecule has 0 aliphatic rings. The number of rotatable bonds is 4. The standard InChI is InChI=1S/C9H14ClNS/c1-2-3-4-8(11)9-7(10)5-6-12-9/h5-6,8H,2-4,11H2,1H3. The molecule has 1 atom stereocenters. The molecule has 3 heteroatoms. The molecule has 12 heavy (non-hydrogen) atoms. The highest BCUT2D eigenvalue weighted by atomic mass is 35.5. The second-order valence-electron chi connectivity index (χ2n) is 2.88. The maximum absolute atomic E-state index is 5.95. The van der Waals surface area contributed by atoms with Crippen molar-refractivity contribution in [3.63, 3.8) is 0 Å². The number of hydrogen-bond acceptors (Lipinski definition) is 2. The molecule has 1 unspecified atom stereocenters. The van der Waals surface area contributed by atoms with Crippen LogP contribution in [0.2, 0.25) is 5.02 Å². The van der Waals surface area contributed by atoms with Crippen LogP contribution in [-0.4, -0.2) is 0 Å². The van der Waals surface area contributed by atoms with Gasteiger partial charge in [-0.15, -0.1) is 11.3 Å². The minimum atomic E-state index is 0.137. The topological polar surface area (TPSA) is 26.0 Å². The molecule has 1 aromatic heterocycles. The van der Waals surface area contributed by atoms with E-state index in [2.05, 4.69) is 6.92 Å². The maximum Gasteiger partial charge on any atom is 0.0561 e. The molecule has 1 rings (SSSR count). The van der Waals surface area contributed by atoms with Crippen molar-refractivity contribution in [3.8, 4) is 0 Å². The minimum Gasteiger partial charge on any atom is -0.323 e. The van der Waals surface area contributed by atoms with Crippen molar-refractivity contribution in [1.82, 2.24) is 0 Å². The smallest absolute Gasteiger partial charge is 0.0561 e. The Kier molecular flexibility index (Phi) is 4.06. The first-order valence-corrected chi connectivity index (χ1v) is 5.50. The van der Waals surface area contributed by atoms with E-state index in [-0.39, 0.29) is 6.04 Å². The van der Waals surface area contributed by atoms with E-state index in [0.717, 1.165) is 16.3 Å². The molecule has 0 saturated carbocycles. The predicted molar refractivity (Wildman–Crippen MR) is 55.8 cm³/mol. The van der Waals surface area contributed by atoms with Crippen LogP contribution in [0.25, 0.3) is 0 Å². The van der Waals surface area contributed by atoms with Crippen LogP contribution < -0.4 is 5.73 Å². The minimum absolute atomic E-state index is 0.137. The molecule has 0 saturated heterocycles. The summed E-state index contributed by atoms with van der Waals surface area (Å²) in [5.41, 5.74) is 5.95. The van der Waals surface area contributed by atoms with Gasteiger partial charge >= 0.3 is 0 Å². The Bertz CT molecular complexity index is 234. The van der Waals surface area contributed by atoms with E-state index in [4.69, 9.17) is 17.3 Å². The molecule has 2 N–H and O–H groups in total. The van der Waals surface area contributed by atoms with Crippen LogP contribution in [0, 0.1) is 0 Å². The number of thiophene rings is 1. The Labute approximate surface area is 82.5 Å². The molecule has 1 aromatic rings. The lowest BCUT2D eigenvalue weighted by molar-refractivity contribution is 0.611. The Morgan fingerprint density at radius 2 is 2.42 bits per heavy atom. The molecule has 68 valence electrons. The first-order valence-electron chi connectivity index (χ1n) is 4.24. The number of nitrogens with two attached hydrogens (primary N) is 1. The zero-order valence-corrected chi connectivity index (χ0v) is 8.79. The van der Waals surface area contributed by atoms with Crippen molar-refractivity contribution in [2.45, 2.75) is 32.2 Å². The zero-order valence-electron chi connectivity index (χ0n) is 7.22. The van der Waals surface area contributed by atoms with Gasteiger partial charge in [0.1, 0.15) is 0 Å². The van der Waals surface area contributed by atoms with Gasteiger partial charge < -0.3 is 5.73 Å². The fourth-order valence-electron chi connectivity index (χ4n) is 1.13. The first kappa shape index (κ1) is 10.0. The summed E-state index contributed by atoms with van der Waals surface area (Å²) in [6.07, 6.45) is 3.41. The third-order valence-corrected chi connectivity index (χ3v) is 3.34. The quantitative estimate of drug-likeness (QED) is 0.795. The van der Waals surface area contributed by atoms with Gasteiger partial charge in [-0.2, -0.15) is 0 Å². The van der Waals surface area contributed by atoms with Gasteiger partial charge in [0, 0.05) is 10.9 Å². The van der Waals surface area contributed by atoms with E-state index in [0.29, 0.717) is 0 Å². The second-order valence-corrected chi connectivity index (χ2v) is 4.24. The van der Waals surface area contributed by atoms with E-state index < -0.39 is 0 Å². The molecule has 1 heterocycles. The fourth-order valence-corrected chi connectivity index (χ4v) is 2.36. The van der Waals surface area contributed by atoms with Crippen LogP contribution >= 0.6 is 22.9 Å². The van der Waals surface area contributed by atoms with Gasteiger partial charge in [-0.25, -0.2) is 0 Å². The lowest BCUT2D eigenvalue weighted by atomic mass is 10.1. The van der Waals surface area contributed by atoms with Gasteiger partial charge in [0.15, 0.2) is 0 Å². The molecule has 0 aliphatic heterocycles. The molecule has 0 aliphatic carbocycles. The largest absolute Gasteiger partial charge is 0.323 e. The highest BCUT2D eigenvalue weighted by molar-refractivity contribution is 7.10. The Morgan fingerprint density at radius 1 is 1.67 bits per heavy atom. The summed E-state index contributed by atoms with van der Waals surface area (Å²) in [6, 6.07) is 2.05. The van der Waals surface area contributed by atoms with Crippen molar-refractivity contribution in [3.05, 3.63) is 21.3 Å². The summed E-state index contributed by atoms with van der Waals surface area (Å²) in [7, 11) is 0. The molecule has 0 radical (unpaired) electrons. The first-order chi connectivity index (χ1) is 5.75. The van der Waals surface area contributed by atoms with Crippen LogP contribution in [0.1, 0.15) is 37.1 Å². The van der Waals surface area contributed by atoms with E-state index in [9.17, 15) is 0 Å². The maximum atomic E-state index is 5.95. The third-order valence-electron chi connectivity index (χ3n) is 1.85. The van der Waals surface area contributed by atoms with E-state index in [1.807, 2.05) is 11.4 Å². The molecule has 0 fully saturated rings. The molecule has 0 aromatic carbocycles. The van der Waals surface area contributed by atoms with Gasteiger partial charge in [-0.3, -0.25) is 0 Å². The van der Waals surface area contributed by atoms with Gasteiger partial charge in [0.2, 0.25) is 0 Å². The Hall–Kier alpha value is -0.0500. The molecule has 1 nitrogen and oxygen atoms in total. The summed E-state index contributed by atoms with van der Waals surface area (Å²) < 4.78 is 0. The molecule has 0 spiro atoms. The third kappa shape index (κ3) is 2.47. The van der Waals surface area contributed by atoms with Crippen molar-refractivity contribution < 1.29 is 0 Å². The van der Waals surface area contributed by atoms with Crippen molar-refractivity contribution in [1.29, 1.82) is 0 Å². The van der Waals surface area contributed by atoms with Gasteiger partial charge in [-0.1, -0.05) is 31.4 Å². The predicted octanol–water partition coefficient (Wildman–Crippen LogP) is 3.59. The van der Waals surface area contributed by atoms with Crippen LogP contribution in [0.4, 0.5) is 0 Å². The average molecular weight is 204 g/mol. The van der Waals surface area contributed by atoms with Gasteiger partial charge in [0.05, 0.1) is 5.02 Å². The summed E-state index contributed by atoms with van der Waals surface area (Å²) in [6.45, 7) is 2.17. The number of unbranched alkanes of at least 4 members (excludes halogenated alkanes) is 1. The summed E-state index contributed by atoms with van der Waals surface area (Å²) >= 11 is 7.60. The van der Waals surface area contributed by atoms with Gasteiger partial charge in [0.25, 0.3) is 0 Å². The highest BCUT2D eigenvalue weighted by Crippen LogP contribution is 2.29. The average Bonchev–Trinajstić information content (AvgIpc) is 2.47. The normalized spacial score (nSPS) is 13.2. The monoisotopic (exact) mass is 203 g/mol. The second kappa shape index (κ2) is 4.85. The Morgan fingerprint density at radius 3 is 2.92 bits per heavy atom. The van der Waals surface area contributed by atoms with Crippen molar-refractivity contribution in [2.75, 3.05) is 0 Å². The summed E-state index contributed by atoms with van der Waals surface area (Å²) in [5, 5.41) is 2.81. The van der Waals surface area contributed by atoms with Crippen LogP contribution in [-0.2, 0) is 0 Å². The summed E-state index contributed by atoms with van der Waals surface area (Å²) in [5.74, 6) is 0. The van der Waals surface area contributed by atoms with E-state index >= 15 is 0 Å². The lowest BCUT2D eigenvalue weighted by Gasteiger charge is -2.08. The number of hydrogen-bond donors (Lipinski definition) is 1. The molecular formula is C9H14ClNS. The van der Waals surface area contributed by atoms with Crippen LogP contribution in [0.3, 0.4) is 0 Å². The van der Waals surface area contributed by atoms with Crippen LogP contribution in [0.5, 0.6) is 0 Å². The fraction of sp³-hybridized carbons (Fsp3) is 0.556.